The number of imidazole rings is 1. The van der Waals surface area contributed by atoms with Crippen LogP contribution in [-0.2, 0) is 17.6 Å². The molecule has 0 N–H and O–H groups in total. The molecule has 0 aliphatic rings. The molecule has 0 bridgehead atoms. The molecule has 0 saturated carbocycles. The lowest BCUT2D eigenvalue weighted by molar-refractivity contribution is -0.115. The van der Waals surface area contributed by atoms with E-state index in [9.17, 15) is 4.79 Å². The number of carbonyl (C=O) groups excluding carboxylic acids is 1. The zero-order chi connectivity index (χ0) is 20.5. The van der Waals surface area contributed by atoms with Gasteiger partial charge in [0.25, 0.3) is 0 Å². The van der Waals surface area contributed by atoms with E-state index in [-0.39, 0.29) is 5.91 Å². The van der Waals surface area contributed by atoms with Crippen LogP contribution < -0.4 is 4.90 Å². The van der Waals surface area contributed by atoms with Crippen LogP contribution in [0.2, 0.25) is 0 Å². The number of anilines is 2. The van der Waals surface area contributed by atoms with Crippen LogP contribution >= 0.6 is 23.1 Å². The number of hydrogen-bond acceptors (Lipinski definition) is 5. The molecular formula is C22H22N4OS2. The quantitative estimate of drug-likeness (QED) is 0.392. The molecule has 0 aliphatic heterocycles. The van der Waals surface area contributed by atoms with Crippen LogP contribution in [0.25, 0.3) is 11.0 Å². The van der Waals surface area contributed by atoms with E-state index in [2.05, 4.69) is 23.6 Å². The van der Waals surface area contributed by atoms with Gasteiger partial charge in [0, 0.05) is 25.1 Å². The van der Waals surface area contributed by atoms with Crippen molar-refractivity contribution in [3.63, 3.8) is 0 Å². The molecule has 0 radical (unpaired) electrons. The van der Waals surface area contributed by atoms with Crippen LogP contribution in [-0.4, -0.2) is 20.4 Å². The minimum Gasteiger partial charge on any atom is -0.322 e. The number of amides is 1. The van der Waals surface area contributed by atoms with Crippen molar-refractivity contribution in [2.75, 3.05) is 4.90 Å². The van der Waals surface area contributed by atoms with Crippen molar-refractivity contribution < 1.29 is 4.79 Å². The number of fused-ring (bicyclic) bond motifs is 1. The van der Waals surface area contributed by atoms with Gasteiger partial charge in [-0.25, -0.2) is 9.97 Å². The van der Waals surface area contributed by atoms with Crippen LogP contribution in [0.4, 0.5) is 10.8 Å². The summed E-state index contributed by atoms with van der Waals surface area (Å²) in [6.07, 6.45) is 0. The van der Waals surface area contributed by atoms with Gasteiger partial charge in [-0.2, -0.15) is 0 Å². The minimum atomic E-state index is -0.0409. The van der Waals surface area contributed by atoms with E-state index in [1.165, 1.54) is 16.9 Å². The van der Waals surface area contributed by atoms with E-state index in [0.29, 0.717) is 10.9 Å². The molecule has 29 heavy (non-hydrogen) atoms. The number of carbonyl (C=O) groups is 1. The number of aromatic nitrogens is 3. The lowest BCUT2D eigenvalue weighted by Crippen LogP contribution is -2.23. The monoisotopic (exact) mass is 422 g/mol. The minimum absolute atomic E-state index is 0.0409. The molecule has 0 aliphatic carbocycles. The number of para-hydroxylation sites is 2. The lowest BCUT2D eigenvalue weighted by Gasteiger charge is -2.20. The topological polar surface area (TPSA) is 51.0 Å². The molecule has 0 spiro atoms. The highest BCUT2D eigenvalue weighted by Crippen LogP contribution is 2.33. The molecule has 7 heteroatoms. The Morgan fingerprint density at radius 1 is 1.17 bits per heavy atom. The Morgan fingerprint density at radius 2 is 1.97 bits per heavy atom. The molecular weight excluding hydrogens is 400 g/mol. The predicted octanol–water partition coefficient (Wildman–Crippen LogP) is 5.62. The first-order valence-corrected chi connectivity index (χ1v) is 11.2. The van der Waals surface area contributed by atoms with Crippen LogP contribution in [0.3, 0.4) is 0 Å². The van der Waals surface area contributed by atoms with Gasteiger partial charge in [-0.05, 0) is 37.6 Å². The molecule has 0 saturated heterocycles. The summed E-state index contributed by atoms with van der Waals surface area (Å²) < 4.78 is 2.10. The molecule has 0 atom stereocenters. The Labute approximate surface area is 178 Å². The Hall–Kier alpha value is -2.64. The molecule has 1 amide bonds. The highest BCUT2D eigenvalue weighted by atomic mass is 32.2. The molecule has 0 unspecified atom stereocenters. The maximum absolute atomic E-state index is 12.4. The second kappa shape index (κ2) is 8.00. The van der Waals surface area contributed by atoms with Crippen LogP contribution in [0.1, 0.15) is 23.7 Å². The average Bonchev–Trinajstić information content (AvgIpc) is 3.27. The van der Waals surface area contributed by atoms with Gasteiger partial charge in [0.2, 0.25) is 5.91 Å². The first-order valence-electron chi connectivity index (χ1n) is 9.30. The number of thioether (sulfide) groups is 1. The summed E-state index contributed by atoms with van der Waals surface area (Å²) in [4.78, 5) is 23.5. The molecule has 2 aromatic heterocycles. The summed E-state index contributed by atoms with van der Waals surface area (Å²) in [5, 5.41) is 3.67. The Morgan fingerprint density at radius 3 is 2.69 bits per heavy atom. The largest absolute Gasteiger partial charge is 0.322 e. The smallest absolute Gasteiger partial charge is 0.230 e. The van der Waals surface area contributed by atoms with E-state index in [1.807, 2.05) is 49.7 Å². The van der Waals surface area contributed by atoms with E-state index in [0.717, 1.165) is 33.1 Å². The van der Waals surface area contributed by atoms with Gasteiger partial charge in [0.05, 0.1) is 22.4 Å². The van der Waals surface area contributed by atoms with Gasteiger partial charge >= 0.3 is 0 Å². The summed E-state index contributed by atoms with van der Waals surface area (Å²) >= 11 is 3.14. The summed E-state index contributed by atoms with van der Waals surface area (Å²) in [6, 6.07) is 14.2. The van der Waals surface area contributed by atoms with E-state index < -0.39 is 0 Å². The fraction of sp³-hybridized carbons (Fsp3) is 0.227. The first-order chi connectivity index (χ1) is 13.9. The van der Waals surface area contributed by atoms with Crippen molar-refractivity contribution in [2.24, 2.45) is 7.05 Å². The number of nitrogens with zero attached hydrogens (tertiary/aromatic N) is 4. The summed E-state index contributed by atoms with van der Waals surface area (Å²) in [7, 11) is 2.03. The highest BCUT2D eigenvalue weighted by Gasteiger charge is 2.20. The maximum atomic E-state index is 12.4. The third kappa shape index (κ3) is 3.93. The summed E-state index contributed by atoms with van der Waals surface area (Å²) in [5.41, 5.74) is 6.17. The second-order valence-corrected chi connectivity index (χ2v) is 8.78. The Balaban J connectivity index is 1.56. The molecule has 4 aromatic rings. The third-order valence-electron chi connectivity index (χ3n) is 4.73. The van der Waals surface area contributed by atoms with Crippen molar-refractivity contribution in [1.29, 1.82) is 0 Å². The van der Waals surface area contributed by atoms with E-state index >= 15 is 0 Å². The van der Waals surface area contributed by atoms with Gasteiger partial charge in [0.15, 0.2) is 10.3 Å². The second-order valence-electron chi connectivity index (χ2n) is 7.00. The predicted molar refractivity (Wildman–Crippen MR) is 121 cm³/mol. The molecule has 148 valence electrons. The Kier molecular flexibility index (Phi) is 5.43. The van der Waals surface area contributed by atoms with Gasteiger partial charge in [-0.15, -0.1) is 11.3 Å². The van der Waals surface area contributed by atoms with Gasteiger partial charge in [-0.1, -0.05) is 41.6 Å². The van der Waals surface area contributed by atoms with Gasteiger partial charge in [-0.3, -0.25) is 9.69 Å². The molecule has 2 aromatic carbocycles. The Bertz CT molecular complexity index is 1190. The summed E-state index contributed by atoms with van der Waals surface area (Å²) in [5.74, 6) is 0.660. The van der Waals surface area contributed by atoms with Gasteiger partial charge in [0.1, 0.15) is 0 Å². The van der Waals surface area contributed by atoms with Crippen LogP contribution in [0.5, 0.6) is 0 Å². The van der Waals surface area contributed by atoms with Crippen LogP contribution in [0.15, 0.2) is 53.0 Å². The molecule has 4 rings (SSSR count). The number of aryl methyl sites for hydroxylation is 3. The van der Waals surface area contributed by atoms with Crippen molar-refractivity contribution >= 4 is 50.9 Å². The van der Waals surface area contributed by atoms with Crippen molar-refractivity contribution in [1.82, 2.24) is 14.5 Å². The SMILES string of the molecule is CC(=O)N(c1nc(CSc2nc3ccccc3n2C)cs1)c1ccc(C)cc1C. The standard InChI is InChI=1S/C22H22N4OS2/c1-14-9-10-19(15(2)11-14)26(16(3)27)22-23-17(13-29-22)12-28-21-24-18-7-5-6-8-20(18)25(21)4/h5-11,13H,12H2,1-4H3. The number of benzene rings is 2. The van der Waals surface area contributed by atoms with Crippen molar-refractivity contribution in [3.8, 4) is 0 Å². The average molecular weight is 423 g/mol. The van der Waals surface area contributed by atoms with E-state index in [4.69, 9.17) is 9.97 Å². The van der Waals surface area contributed by atoms with Crippen LogP contribution in [0, 0.1) is 13.8 Å². The molecule has 0 fully saturated rings. The summed E-state index contributed by atoms with van der Waals surface area (Å²) in [6.45, 7) is 5.65. The van der Waals surface area contributed by atoms with Crippen molar-refractivity contribution in [2.45, 2.75) is 31.7 Å². The van der Waals surface area contributed by atoms with E-state index in [1.54, 1.807) is 23.6 Å². The van der Waals surface area contributed by atoms with Gasteiger partial charge < -0.3 is 4.57 Å². The zero-order valence-electron chi connectivity index (χ0n) is 16.8. The molecule has 5 nitrogen and oxygen atoms in total. The van der Waals surface area contributed by atoms with Crippen molar-refractivity contribution in [3.05, 3.63) is 64.7 Å². The normalized spacial score (nSPS) is 11.2. The number of rotatable bonds is 5. The maximum Gasteiger partial charge on any atom is 0.230 e. The number of hydrogen-bond donors (Lipinski definition) is 0. The third-order valence-corrected chi connectivity index (χ3v) is 6.67. The first kappa shape index (κ1) is 19.7. The number of thiazole rings is 1. The zero-order valence-corrected chi connectivity index (χ0v) is 18.5. The lowest BCUT2D eigenvalue weighted by atomic mass is 10.1. The molecule has 2 heterocycles. The fourth-order valence-electron chi connectivity index (χ4n) is 3.32. The fourth-order valence-corrected chi connectivity index (χ4v) is 5.18. The highest BCUT2D eigenvalue weighted by molar-refractivity contribution is 7.98.